The Morgan fingerprint density at radius 3 is 3.09 bits per heavy atom. The molecule has 2 heterocycles. The van der Waals surface area contributed by atoms with Crippen LogP contribution >= 0.6 is 0 Å². The average Bonchev–Trinajstić information content (AvgIpc) is 2.93. The van der Waals surface area contributed by atoms with E-state index in [1.807, 2.05) is 6.07 Å². The minimum atomic E-state index is 0.0212. The SMILES string of the molecule is CCCOc1ccc2c(c1)CCC1(CCN(CCCN)C1)O2. The summed E-state index contributed by atoms with van der Waals surface area (Å²) < 4.78 is 12.1. The van der Waals surface area contributed by atoms with Gasteiger partial charge in [0.2, 0.25) is 0 Å². The van der Waals surface area contributed by atoms with Gasteiger partial charge in [0, 0.05) is 19.5 Å². The zero-order valence-corrected chi connectivity index (χ0v) is 13.6. The summed E-state index contributed by atoms with van der Waals surface area (Å²) in [5.41, 5.74) is 6.93. The van der Waals surface area contributed by atoms with Crippen LogP contribution in [0.5, 0.6) is 11.5 Å². The van der Waals surface area contributed by atoms with Gasteiger partial charge in [-0.3, -0.25) is 4.90 Å². The molecule has 1 atom stereocenters. The molecule has 1 spiro atoms. The molecule has 0 aliphatic carbocycles. The molecule has 2 aliphatic rings. The molecule has 0 bridgehead atoms. The molecule has 0 radical (unpaired) electrons. The highest BCUT2D eigenvalue weighted by Gasteiger charge is 2.42. The van der Waals surface area contributed by atoms with Crippen LogP contribution in [0.3, 0.4) is 0 Å². The molecule has 0 saturated carbocycles. The number of rotatable bonds is 6. The van der Waals surface area contributed by atoms with E-state index < -0.39 is 0 Å². The van der Waals surface area contributed by atoms with Gasteiger partial charge in [-0.2, -0.15) is 0 Å². The normalized spacial score (nSPS) is 24.3. The third-order valence-corrected chi connectivity index (χ3v) is 4.76. The number of nitrogens with zero attached hydrogens (tertiary/aromatic N) is 1. The van der Waals surface area contributed by atoms with Gasteiger partial charge in [0.1, 0.15) is 17.1 Å². The maximum Gasteiger partial charge on any atom is 0.123 e. The minimum absolute atomic E-state index is 0.0212. The Morgan fingerprint density at radius 1 is 1.36 bits per heavy atom. The molecule has 4 nitrogen and oxygen atoms in total. The summed E-state index contributed by atoms with van der Waals surface area (Å²) >= 11 is 0. The quantitative estimate of drug-likeness (QED) is 0.877. The van der Waals surface area contributed by atoms with Crippen molar-refractivity contribution in [3.63, 3.8) is 0 Å². The number of nitrogens with two attached hydrogens (primary N) is 1. The van der Waals surface area contributed by atoms with Crippen molar-refractivity contribution in [1.29, 1.82) is 0 Å². The minimum Gasteiger partial charge on any atom is -0.494 e. The van der Waals surface area contributed by atoms with Crippen molar-refractivity contribution < 1.29 is 9.47 Å². The number of ether oxygens (including phenoxy) is 2. The predicted molar refractivity (Wildman–Crippen MR) is 88.6 cm³/mol. The molecule has 3 rings (SSSR count). The molecular formula is C18H28N2O2. The molecule has 22 heavy (non-hydrogen) atoms. The van der Waals surface area contributed by atoms with Crippen LogP contribution in [0.1, 0.15) is 38.2 Å². The molecule has 2 N–H and O–H groups in total. The monoisotopic (exact) mass is 304 g/mol. The molecule has 1 unspecified atom stereocenters. The Labute approximate surface area is 133 Å². The Balaban J connectivity index is 1.64. The summed E-state index contributed by atoms with van der Waals surface area (Å²) in [4.78, 5) is 2.50. The van der Waals surface area contributed by atoms with Gasteiger partial charge < -0.3 is 15.2 Å². The zero-order chi connectivity index (χ0) is 15.4. The van der Waals surface area contributed by atoms with Crippen molar-refractivity contribution in [3.05, 3.63) is 23.8 Å². The zero-order valence-electron chi connectivity index (χ0n) is 13.6. The lowest BCUT2D eigenvalue weighted by Gasteiger charge is -2.36. The third kappa shape index (κ3) is 3.39. The Morgan fingerprint density at radius 2 is 2.27 bits per heavy atom. The average molecular weight is 304 g/mol. The highest BCUT2D eigenvalue weighted by molar-refractivity contribution is 5.42. The number of aryl methyl sites for hydroxylation is 1. The van der Waals surface area contributed by atoms with Crippen LogP contribution in [0, 0.1) is 0 Å². The van der Waals surface area contributed by atoms with E-state index in [2.05, 4.69) is 24.0 Å². The first-order chi connectivity index (χ1) is 10.7. The fourth-order valence-corrected chi connectivity index (χ4v) is 3.53. The van der Waals surface area contributed by atoms with Crippen molar-refractivity contribution >= 4 is 0 Å². The van der Waals surface area contributed by atoms with Gasteiger partial charge >= 0.3 is 0 Å². The summed E-state index contributed by atoms with van der Waals surface area (Å²) in [7, 11) is 0. The van der Waals surface area contributed by atoms with Crippen molar-refractivity contribution in [1.82, 2.24) is 4.90 Å². The first-order valence-electron chi connectivity index (χ1n) is 8.62. The number of hydrogen-bond donors (Lipinski definition) is 1. The first-order valence-corrected chi connectivity index (χ1v) is 8.62. The largest absolute Gasteiger partial charge is 0.494 e. The molecular weight excluding hydrogens is 276 g/mol. The van der Waals surface area contributed by atoms with E-state index in [1.54, 1.807) is 0 Å². The second-order valence-corrected chi connectivity index (χ2v) is 6.57. The number of hydrogen-bond acceptors (Lipinski definition) is 4. The van der Waals surface area contributed by atoms with E-state index >= 15 is 0 Å². The first kappa shape index (κ1) is 15.6. The van der Waals surface area contributed by atoms with Crippen molar-refractivity contribution in [3.8, 4) is 11.5 Å². The fraction of sp³-hybridized carbons (Fsp3) is 0.667. The lowest BCUT2D eigenvalue weighted by Crippen LogP contribution is -2.42. The summed E-state index contributed by atoms with van der Waals surface area (Å²) in [5, 5.41) is 0. The number of likely N-dealkylation sites (tertiary alicyclic amines) is 1. The van der Waals surface area contributed by atoms with Gasteiger partial charge in [0.25, 0.3) is 0 Å². The molecule has 1 aromatic rings. The van der Waals surface area contributed by atoms with Crippen LogP contribution in [0.15, 0.2) is 18.2 Å². The highest BCUT2D eigenvalue weighted by Crippen LogP contribution is 2.40. The van der Waals surface area contributed by atoms with Gasteiger partial charge in [0.05, 0.1) is 6.61 Å². The van der Waals surface area contributed by atoms with Gasteiger partial charge in [-0.15, -0.1) is 0 Å². The van der Waals surface area contributed by atoms with Crippen LogP contribution in [0.4, 0.5) is 0 Å². The summed E-state index contributed by atoms with van der Waals surface area (Å²) in [6, 6.07) is 6.28. The summed E-state index contributed by atoms with van der Waals surface area (Å²) in [5.74, 6) is 2.02. The number of fused-ring (bicyclic) bond motifs is 1. The van der Waals surface area contributed by atoms with Crippen LogP contribution in [-0.2, 0) is 6.42 Å². The van der Waals surface area contributed by atoms with Gasteiger partial charge in [0.15, 0.2) is 0 Å². The Bertz CT molecular complexity index is 506. The topological polar surface area (TPSA) is 47.7 Å². The molecule has 0 aromatic heterocycles. The fourth-order valence-electron chi connectivity index (χ4n) is 3.53. The Hall–Kier alpha value is -1.26. The lowest BCUT2D eigenvalue weighted by molar-refractivity contribution is 0.0543. The van der Waals surface area contributed by atoms with Crippen molar-refractivity contribution in [2.75, 3.05) is 32.8 Å². The number of benzene rings is 1. The van der Waals surface area contributed by atoms with E-state index in [-0.39, 0.29) is 5.60 Å². The van der Waals surface area contributed by atoms with Crippen LogP contribution in [0.2, 0.25) is 0 Å². The predicted octanol–water partition coefficient (Wildman–Crippen LogP) is 2.59. The molecule has 1 aromatic carbocycles. The second kappa shape index (κ2) is 6.88. The maximum atomic E-state index is 6.42. The Kier molecular flexibility index (Phi) is 4.89. The van der Waals surface area contributed by atoms with Crippen molar-refractivity contribution in [2.24, 2.45) is 5.73 Å². The molecule has 2 aliphatic heterocycles. The van der Waals surface area contributed by atoms with E-state index in [1.165, 1.54) is 5.56 Å². The third-order valence-electron chi connectivity index (χ3n) is 4.76. The maximum absolute atomic E-state index is 6.42. The van der Waals surface area contributed by atoms with E-state index in [0.29, 0.717) is 0 Å². The highest BCUT2D eigenvalue weighted by atomic mass is 16.5. The van der Waals surface area contributed by atoms with Crippen LogP contribution in [-0.4, -0.2) is 43.3 Å². The van der Waals surface area contributed by atoms with E-state index in [9.17, 15) is 0 Å². The standard InChI is InChI=1S/C18H28N2O2/c1-2-12-21-16-4-5-17-15(13-16)6-7-18(22-17)8-11-20(14-18)10-3-9-19/h4-5,13H,2-3,6-12,14,19H2,1H3. The molecule has 122 valence electrons. The smallest absolute Gasteiger partial charge is 0.123 e. The van der Waals surface area contributed by atoms with Crippen LogP contribution < -0.4 is 15.2 Å². The lowest BCUT2D eigenvalue weighted by atomic mass is 9.90. The molecule has 4 heteroatoms. The molecule has 0 amide bonds. The molecule has 1 saturated heterocycles. The molecule has 1 fully saturated rings. The van der Waals surface area contributed by atoms with Gasteiger partial charge in [-0.1, -0.05) is 6.92 Å². The van der Waals surface area contributed by atoms with Gasteiger partial charge in [-0.05, 0) is 62.5 Å². The van der Waals surface area contributed by atoms with Crippen LogP contribution in [0.25, 0.3) is 0 Å². The van der Waals surface area contributed by atoms with E-state index in [4.69, 9.17) is 15.2 Å². The van der Waals surface area contributed by atoms with Gasteiger partial charge in [-0.25, -0.2) is 0 Å². The summed E-state index contributed by atoms with van der Waals surface area (Å²) in [6.07, 6.45) is 5.44. The van der Waals surface area contributed by atoms with Crippen molar-refractivity contribution in [2.45, 2.75) is 44.6 Å². The second-order valence-electron chi connectivity index (χ2n) is 6.57. The van der Waals surface area contributed by atoms with E-state index in [0.717, 1.165) is 76.4 Å². The summed E-state index contributed by atoms with van der Waals surface area (Å²) in [6.45, 7) is 6.95.